The number of alkyl halides is 2. The molecule has 0 spiro atoms. The Kier molecular flexibility index (Phi) is 3.27. The predicted molar refractivity (Wildman–Crippen MR) is 44.1 cm³/mol. The first-order valence-corrected chi connectivity index (χ1v) is 3.93. The van der Waals surface area contributed by atoms with Crippen molar-refractivity contribution in [2.75, 3.05) is 0 Å². The summed E-state index contributed by atoms with van der Waals surface area (Å²) in [6.45, 7) is 0. The van der Waals surface area contributed by atoms with Crippen molar-refractivity contribution in [2.24, 2.45) is 0 Å². The molecule has 1 aromatic heterocycles. The molecule has 0 unspecified atom stereocenters. The predicted octanol–water partition coefficient (Wildman–Crippen LogP) is 2.41. The van der Waals surface area contributed by atoms with Crippen LogP contribution in [0, 0.1) is 17.1 Å². The van der Waals surface area contributed by atoms with Gasteiger partial charge >= 0.3 is 0 Å². The van der Waals surface area contributed by atoms with Crippen LogP contribution in [0.2, 0.25) is 0 Å². The van der Waals surface area contributed by atoms with E-state index in [9.17, 15) is 18.0 Å². The molecule has 0 N–H and O–H groups in total. The number of carbonyl (C=O) groups is 1. The van der Waals surface area contributed by atoms with E-state index in [1.807, 2.05) is 0 Å². The van der Waals surface area contributed by atoms with Crippen LogP contribution in [0.25, 0.3) is 0 Å². The Morgan fingerprint density at radius 2 is 2.20 bits per heavy atom. The molecule has 1 aromatic rings. The van der Waals surface area contributed by atoms with Crippen LogP contribution >= 0.6 is 11.6 Å². The van der Waals surface area contributed by atoms with Gasteiger partial charge in [-0.25, -0.2) is 18.2 Å². The fourth-order valence-electron chi connectivity index (χ4n) is 0.941. The molecule has 1 rings (SSSR count). The molecular formula is C8H2ClF3N2O. The van der Waals surface area contributed by atoms with E-state index in [4.69, 9.17) is 16.9 Å². The molecule has 0 aliphatic heterocycles. The van der Waals surface area contributed by atoms with Gasteiger partial charge in [0.05, 0.1) is 11.1 Å². The number of nitriles is 1. The topological polar surface area (TPSA) is 53.8 Å². The van der Waals surface area contributed by atoms with Crippen molar-refractivity contribution < 1.29 is 18.0 Å². The maximum atomic E-state index is 13.2. The first-order chi connectivity index (χ1) is 6.99. The quantitative estimate of drug-likeness (QED) is 0.739. The van der Waals surface area contributed by atoms with Gasteiger partial charge in [-0.3, -0.25) is 4.79 Å². The van der Waals surface area contributed by atoms with Crippen LogP contribution in [-0.4, -0.2) is 10.2 Å². The Balaban J connectivity index is 3.51. The second-order valence-electron chi connectivity index (χ2n) is 2.43. The van der Waals surface area contributed by atoms with E-state index < -0.39 is 34.3 Å². The summed E-state index contributed by atoms with van der Waals surface area (Å²) in [6.07, 6.45) is -2.53. The zero-order valence-electron chi connectivity index (χ0n) is 6.97. The molecule has 15 heavy (non-hydrogen) atoms. The Bertz CT molecular complexity index is 456. The van der Waals surface area contributed by atoms with Crippen LogP contribution in [0.5, 0.6) is 0 Å². The van der Waals surface area contributed by atoms with Crippen molar-refractivity contribution in [1.29, 1.82) is 5.26 Å². The summed E-state index contributed by atoms with van der Waals surface area (Å²) in [5.41, 5.74) is -2.69. The highest BCUT2D eigenvalue weighted by molar-refractivity contribution is 6.67. The van der Waals surface area contributed by atoms with Gasteiger partial charge in [0.25, 0.3) is 11.7 Å². The van der Waals surface area contributed by atoms with Crippen molar-refractivity contribution in [3.8, 4) is 6.07 Å². The van der Waals surface area contributed by atoms with Gasteiger partial charge in [-0.05, 0) is 11.6 Å². The molecule has 0 radical (unpaired) electrons. The van der Waals surface area contributed by atoms with Crippen LogP contribution in [0.1, 0.15) is 28.0 Å². The standard InChI is InChI=1S/C8H2ClF3N2O/c9-7(15)6-5(10)4(8(11)12)3(1-13)2-14-6/h2,8H. The van der Waals surface area contributed by atoms with E-state index in [-0.39, 0.29) is 0 Å². The average Bonchev–Trinajstić information content (AvgIpc) is 2.15. The molecule has 0 bridgehead atoms. The summed E-state index contributed by atoms with van der Waals surface area (Å²) in [6, 6.07) is 1.35. The number of carbonyl (C=O) groups excluding carboxylic acids is 1. The minimum absolute atomic E-state index is 0.621. The maximum absolute atomic E-state index is 13.2. The Morgan fingerprint density at radius 3 is 2.60 bits per heavy atom. The van der Waals surface area contributed by atoms with Gasteiger partial charge in [0.2, 0.25) is 0 Å². The first kappa shape index (κ1) is 11.5. The Hall–Kier alpha value is -1.61. The normalized spacial score (nSPS) is 10.1. The summed E-state index contributed by atoms with van der Waals surface area (Å²) in [4.78, 5) is 13.8. The molecular weight excluding hydrogens is 233 g/mol. The molecule has 0 fully saturated rings. The number of nitrogens with zero attached hydrogens (tertiary/aromatic N) is 2. The number of aromatic nitrogens is 1. The van der Waals surface area contributed by atoms with E-state index in [0.717, 1.165) is 0 Å². The average molecular weight is 235 g/mol. The highest BCUT2D eigenvalue weighted by Gasteiger charge is 2.24. The number of pyridine rings is 1. The molecule has 7 heteroatoms. The SMILES string of the molecule is N#Cc1cnc(C(=O)Cl)c(F)c1C(F)F. The van der Waals surface area contributed by atoms with Gasteiger partial charge in [-0.1, -0.05) is 0 Å². The fraction of sp³-hybridized carbons (Fsp3) is 0.125. The van der Waals surface area contributed by atoms with Crippen LogP contribution < -0.4 is 0 Å². The summed E-state index contributed by atoms with van der Waals surface area (Å²) < 4.78 is 37.9. The molecule has 0 saturated heterocycles. The summed E-state index contributed by atoms with van der Waals surface area (Å²) in [5.74, 6) is -1.55. The lowest BCUT2D eigenvalue weighted by Gasteiger charge is -2.05. The van der Waals surface area contributed by atoms with Gasteiger partial charge in [-0.2, -0.15) is 5.26 Å². The summed E-state index contributed by atoms with van der Waals surface area (Å²) in [7, 11) is 0. The van der Waals surface area contributed by atoms with Crippen molar-refractivity contribution in [3.63, 3.8) is 0 Å². The summed E-state index contributed by atoms with van der Waals surface area (Å²) >= 11 is 4.91. The molecule has 0 amide bonds. The van der Waals surface area contributed by atoms with Gasteiger partial charge in [0.15, 0.2) is 11.5 Å². The number of rotatable bonds is 2. The molecule has 3 nitrogen and oxygen atoms in total. The van der Waals surface area contributed by atoms with Gasteiger partial charge in [0.1, 0.15) is 6.07 Å². The van der Waals surface area contributed by atoms with Crippen molar-refractivity contribution in [3.05, 3.63) is 28.8 Å². The van der Waals surface area contributed by atoms with E-state index in [1.165, 1.54) is 6.07 Å². The third-order valence-corrected chi connectivity index (χ3v) is 1.76. The molecule has 0 atom stereocenters. The fourth-order valence-corrected chi connectivity index (χ4v) is 1.07. The monoisotopic (exact) mass is 234 g/mol. The third-order valence-electron chi connectivity index (χ3n) is 1.58. The Morgan fingerprint density at radius 1 is 1.60 bits per heavy atom. The van der Waals surface area contributed by atoms with Crippen LogP contribution in [0.4, 0.5) is 13.2 Å². The third kappa shape index (κ3) is 2.07. The van der Waals surface area contributed by atoms with Gasteiger partial charge in [-0.15, -0.1) is 0 Å². The zero-order valence-corrected chi connectivity index (χ0v) is 7.73. The molecule has 0 aliphatic rings. The largest absolute Gasteiger partial charge is 0.274 e. The lowest BCUT2D eigenvalue weighted by Crippen LogP contribution is -2.06. The molecule has 1 heterocycles. The first-order valence-electron chi connectivity index (χ1n) is 3.55. The van der Waals surface area contributed by atoms with Crippen molar-refractivity contribution >= 4 is 16.8 Å². The van der Waals surface area contributed by atoms with Gasteiger partial charge < -0.3 is 0 Å². The van der Waals surface area contributed by atoms with E-state index in [2.05, 4.69) is 4.98 Å². The molecule has 78 valence electrons. The lowest BCUT2D eigenvalue weighted by molar-refractivity contribution is 0.107. The lowest BCUT2D eigenvalue weighted by atomic mass is 10.1. The molecule has 0 aliphatic carbocycles. The van der Waals surface area contributed by atoms with Crippen LogP contribution in [-0.2, 0) is 0 Å². The highest BCUT2D eigenvalue weighted by atomic mass is 35.5. The minimum atomic E-state index is -3.21. The smallest absolute Gasteiger partial charge is 0.273 e. The van der Waals surface area contributed by atoms with E-state index >= 15 is 0 Å². The van der Waals surface area contributed by atoms with Crippen molar-refractivity contribution in [2.45, 2.75) is 6.43 Å². The number of hydrogen-bond donors (Lipinski definition) is 0. The highest BCUT2D eigenvalue weighted by Crippen LogP contribution is 2.26. The second kappa shape index (κ2) is 4.28. The van der Waals surface area contributed by atoms with E-state index in [0.29, 0.717) is 6.20 Å². The van der Waals surface area contributed by atoms with Gasteiger partial charge in [0, 0.05) is 6.20 Å². The number of halogens is 4. The molecule has 0 aromatic carbocycles. The zero-order chi connectivity index (χ0) is 11.6. The molecule has 0 saturated carbocycles. The second-order valence-corrected chi connectivity index (χ2v) is 2.78. The van der Waals surface area contributed by atoms with Crippen LogP contribution in [0.3, 0.4) is 0 Å². The summed E-state index contributed by atoms with van der Waals surface area (Å²) in [5, 5.41) is 7.12. The van der Waals surface area contributed by atoms with Crippen LogP contribution in [0.15, 0.2) is 6.20 Å². The van der Waals surface area contributed by atoms with E-state index in [1.54, 1.807) is 0 Å². The Labute approximate surface area is 87.1 Å². The number of hydrogen-bond acceptors (Lipinski definition) is 3. The maximum Gasteiger partial charge on any atom is 0.273 e. The minimum Gasteiger partial charge on any atom is -0.274 e. The van der Waals surface area contributed by atoms with Crippen molar-refractivity contribution in [1.82, 2.24) is 4.98 Å².